The third kappa shape index (κ3) is 20.9. The quantitative estimate of drug-likeness (QED) is 0.0309. The molecule has 0 bridgehead atoms. The second kappa shape index (κ2) is 28.6. The van der Waals surface area contributed by atoms with Crippen LogP contribution in [0.5, 0.6) is 0 Å². The number of hydrogen-bond donors (Lipinski definition) is 5. The van der Waals surface area contributed by atoms with Gasteiger partial charge in [-0.1, -0.05) is 58.0 Å². The zero-order valence-corrected chi connectivity index (χ0v) is 38.0. The van der Waals surface area contributed by atoms with Crippen molar-refractivity contribution in [3.63, 3.8) is 0 Å². The lowest BCUT2D eigenvalue weighted by Gasteiger charge is -2.28. The lowest BCUT2D eigenvalue weighted by molar-refractivity contribution is -0.134. The number of aryl methyl sites for hydroxylation is 1. The van der Waals surface area contributed by atoms with Gasteiger partial charge in [-0.25, -0.2) is 5.43 Å². The molecule has 0 radical (unpaired) electrons. The molecule has 0 aromatic heterocycles. The third-order valence-corrected chi connectivity index (χ3v) is 10.2. The van der Waals surface area contributed by atoms with Crippen LogP contribution < -0.4 is 26.7 Å². The van der Waals surface area contributed by atoms with Gasteiger partial charge in [0.05, 0.1) is 90.8 Å². The normalized spacial score (nSPS) is 18.7. The summed E-state index contributed by atoms with van der Waals surface area (Å²) in [4.78, 5) is 69.4. The highest BCUT2D eigenvalue weighted by Gasteiger charge is 2.48. The first-order valence-electron chi connectivity index (χ1n) is 22.0. The second-order valence-electron chi connectivity index (χ2n) is 16.8. The van der Waals surface area contributed by atoms with Crippen molar-refractivity contribution in [3.05, 3.63) is 35.9 Å². The van der Waals surface area contributed by atoms with Crippen molar-refractivity contribution in [3.8, 4) is 0 Å². The van der Waals surface area contributed by atoms with Crippen molar-refractivity contribution in [1.82, 2.24) is 31.6 Å². The van der Waals surface area contributed by atoms with Crippen molar-refractivity contribution < 1.29 is 52.4 Å². The van der Waals surface area contributed by atoms with Gasteiger partial charge in [0, 0.05) is 20.2 Å². The van der Waals surface area contributed by atoms with Gasteiger partial charge in [0.1, 0.15) is 23.7 Å². The van der Waals surface area contributed by atoms with E-state index in [-0.39, 0.29) is 43.2 Å². The first-order chi connectivity index (χ1) is 29.7. The Hall–Kier alpha value is -4.04. The van der Waals surface area contributed by atoms with E-state index < -0.39 is 47.5 Å². The summed E-state index contributed by atoms with van der Waals surface area (Å²) >= 11 is 0. The first-order valence-corrected chi connectivity index (χ1v) is 22.0. The molecule has 0 spiro atoms. The molecule has 2 saturated heterocycles. The number of carbonyl (C=O) groups excluding carboxylic acids is 5. The maximum atomic E-state index is 13.9. The Bertz CT molecular complexity index is 1540. The van der Waals surface area contributed by atoms with Gasteiger partial charge in [-0.2, -0.15) is 5.10 Å². The predicted octanol–water partition coefficient (Wildman–Crippen LogP) is 1.35. The molecule has 62 heavy (non-hydrogen) atoms. The Morgan fingerprint density at radius 3 is 1.89 bits per heavy atom. The molecule has 2 heterocycles. The number of morpholine rings is 1. The lowest BCUT2D eigenvalue weighted by atomic mass is 9.92. The number of hydrogen-bond acceptors (Lipinski definition) is 13. The highest BCUT2D eigenvalue weighted by atomic mass is 16.6. The smallest absolute Gasteiger partial charge is 0.243 e. The summed E-state index contributed by atoms with van der Waals surface area (Å²) in [5, 5.41) is 16.1. The van der Waals surface area contributed by atoms with Crippen molar-refractivity contribution in [2.45, 2.75) is 103 Å². The molecule has 0 aliphatic carbocycles. The number of hydrazone groups is 1. The number of nitrogens with zero attached hydrogens (tertiary/aromatic N) is 2. The second-order valence-corrected chi connectivity index (χ2v) is 16.8. The third-order valence-electron chi connectivity index (χ3n) is 10.2. The van der Waals surface area contributed by atoms with Gasteiger partial charge in [0.25, 0.3) is 0 Å². The van der Waals surface area contributed by atoms with E-state index in [9.17, 15) is 24.0 Å². The zero-order valence-electron chi connectivity index (χ0n) is 38.0. The Kier molecular flexibility index (Phi) is 24.1. The summed E-state index contributed by atoms with van der Waals surface area (Å²) in [5.41, 5.74) is 3.27. The molecule has 0 saturated carbocycles. The number of ether oxygens (including phenoxy) is 6. The van der Waals surface area contributed by atoms with Crippen LogP contribution in [0.1, 0.15) is 72.8 Å². The van der Waals surface area contributed by atoms with Crippen LogP contribution in [0, 0.1) is 11.8 Å². The minimum Gasteiger partial charge on any atom is -0.382 e. The van der Waals surface area contributed by atoms with E-state index in [1.807, 2.05) is 69.9 Å². The molecule has 18 heteroatoms. The minimum atomic E-state index is -1.00. The molecule has 5 atom stereocenters. The van der Waals surface area contributed by atoms with Crippen molar-refractivity contribution in [1.29, 1.82) is 0 Å². The van der Waals surface area contributed by atoms with Gasteiger partial charge in [0.15, 0.2) is 0 Å². The fraction of sp³-hybridized carbons (Fsp3) is 0.727. The largest absolute Gasteiger partial charge is 0.382 e. The van der Waals surface area contributed by atoms with Crippen LogP contribution in [0.3, 0.4) is 0 Å². The number of nitrogens with one attached hydrogen (secondary N) is 5. The predicted molar refractivity (Wildman–Crippen MR) is 233 cm³/mol. The number of carbonyl (C=O) groups is 5. The van der Waals surface area contributed by atoms with Gasteiger partial charge >= 0.3 is 0 Å². The Morgan fingerprint density at radius 1 is 0.726 bits per heavy atom. The van der Waals surface area contributed by atoms with Crippen molar-refractivity contribution in [2.75, 3.05) is 92.8 Å². The van der Waals surface area contributed by atoms with Gasteiger partial charge in [-0.15, -0.1) is 0 Å². The highest BCUT2D eigenvalue weighted by molar-refractivity contribution is 6.02. The van der Waals surface area contributed by atoms with Gasteiger partial charge in [-0.3, -0.25) is 28.9 Å². The van der Waals surface area contributed by atoms with Crippen molar-refractivity contribution in [2.24, 2.45) is 16.9 Å². The minimum absolute atomic E-state index is 0.0140. The average Bonchev–Trinajstić information content (AvgIpc) is 3.98. The van der Waals surface area contributed by atoms with Crippen LogP contribution in [-0.4, -0.2) is 163 Å². The summed E-state index contributed by atoms with van der Waals surface area (Å²) in [5.74, 6) is -2.02. The Balaban J connectivity index is 1.60. The number of amides is 5. The summed E-state index contributed by atoms with van der Waals surface area (Å²) in [6.45, 7) is 16.8. The van der Waals surface area contributed by atoms with E-state index in [0.29, 0.717) is 104 Å². The fourth-order valence-corrected chi connectivity index (χ4v) is 6.64. The molecule has 5 N–H and O–H groups in total. The molecule has 2 aliphatic rings. The molecule has 2 aliphatic heterocycles. The molecular weight excluding hydrogens is 803 g/mol. The molecule has 0 unspecified atom stereocenters. The average molecular weight is 876 g/mol. The molecule has 1 aromatic rings. The first kappa shape index (κ1) is 52.3. The molecule has 18 nitrogen and oxygen atoms in total. The molecule has 3 rings (SSSR count). The van der Waals surface area contributed by atoms with Crippen LogP contribution in [0.4, 0.5) is 0 Å². The van der Waals surface area contributed by atoms with E-state index >= 15 is 0 Å². The fourth-order valence-electron chi connectivity index (χ4n) is 6.64. The monoisotopic (exact) mass is 876 g/mol. The summed E-state index contributed by atoms with van der Waals surface area (Å²) < 4.78 is 32.4. The number of methoxy groups -OCH3 is 1. The maximum Gasteiger partial charge on any atom is 0.243 e. The van der Waals surface area contributed by atoms with E-state index in [1.54, 1.807) is 14.0 Å². The van der Waals surface area contributed by atoms with Gasteiger partial charge < -0.3 is 49.7 Å². The Morgan fingerprint density at radius 2 is 1.29 bits per heavy atom. The van der Waals surface area contributed by atoms with Crippen LogP contribution >= 0.6 is 0 Å². The summed E-state index contributed by atoms with van der Waals surface area (Å²) in [7, 11) is 1.61. The summed E-state index contributed by atoms with van der Waals surface area (Å²) in [6, 6.07) is 6.16. The molecule has 2 fully saturated rings. The zero-order chi connectivity index (χ0) is 45.3. The number of epoxide rings is 1. The van der Waals surface area contributed by atoms with Gasteiger partial charge in [0.2, 0.25) is 29.5 Å². The van der Waals surface area contributed by atoms with Crippen LogP contribution in [0.25, 0.3) is 0 Å². The summed E-state index contributed by atoms with van der Waals surface area (Å²) in [6.07, 6.45) is 1.68. The Labute approximate surface area is 367 Å². The molecule has 5 amide bonds. The number of benzene rings is 1. The van der Waals surface area contributed by atoms with Crippen LogP contribution in [0.15, 0.2) is 35.4 Å². The van der Waals surface area contributed by atoms with Crippen LogP contribution in [0.2, 0.25) is 0 Å². The van der Waals surface area contributed by atoms with E-state index in [1.165, 1.54) is 0 Å². The molecule has 1 aromatic carbocycles. The molecular formula is C44H73N7O11. The SMILES string of the molecule is COCCOCCOCCOCCC(=O)N/N=C(/[C@H](CC(C)C)NC(=O)[C@H](C)NC(=O)[C@H](CC(C)C)NC(=O)[C@H](CCc1ccccc1)NC(=O)CN1CCOCC1)[C@@]1(C)CO1. The lowest BCUT2D eigenvalue weighted by Crippen LogP contribution is -2.58. The topological polar surface area (TPSA) is 220 Å². The van der Waals surface area contributed by atoms with Crippen LogP contribution in [-0.2, 0) is 58.8 Å². The van der Waals surface area contributed by atoms with Crippen molar-refractivity contribution >= 4 is 35.2 Å². The van der Waals surface area contributed by atoms with Gasteiger partial charge in [-0.05, 0) is 56.9 Å². The van der Waals surface area contributed by atoms with E-state index in [4.69, 9.17) is 28.4 Å². The molecule has 350 valence electrons. The highest BCUT2D eigenvalue weighted by Crippen LogP contribution is 2.31. The number of rotatable bonds is 31. The van der Waals surface area contributed by atoms with E-state index in [2.05, 4.69) is 31.8 Å². The maximum absolute atomic E-state index is 13.9. The standard InChI is InChI=1S/C44H73N7O11/c1-31(2)27-36(40(44(6)30-62-44)50-49-38(52)15-18-58-23-24-61-26-25-60-22-21-57-7)47-41(54)33(5)45-43(56)37(28-32(3)4)48-42(55)35(14-13-34-11-9-8-10-12-34)46-39(53)29-51-16-19-59-20-17-51/h8-12,31-33,35-37H,13-30H2,1-7H3,(H,45,56)(H,46,53)(H,47,54)(H,48,55)(H,49,52)/b50-40-/t33-,35-,36-,37-,44+/m0/s1. The van der Waals surface area contributed by atoms with E-state index in [0.717, 1.165) is 5.56 Å².